The van der Waals surface area contributed by atoms with Gasteiger partial charge < -0.3 is 11.5 Å². The molecule has 0 aliphatic rings. The maximum Gasteiger partial charge on any atom is 0.302 e. The molecule has 0 radical (unpaired) electrons. The van der Waals surface area contributed by atoms with Gasteiger partial charge in [0.1, 0.15) is 23.4 Å². The molecule has 2 rings (SSSR count). The zero-order valence-electron chi connectivity index (χ0n) is 11.0. The third-order valence-corrected chi connectivity index (χ3v) is 3.34. The summed E-state index contributed by atoms with van der Waals surface area (Å²) in [6.07, 6.45) is 0. The van der Waals surface area contributed by atoms with Gasteiger partial charge in [0.2, 0.25) is 0 Å². The van der Waals surface area contributed by atoms with E-state index in [0.29, 0.717) is 10.6 Å². The van der Waals surface area contributed by atoms with Crippen LogP contribution < -0.4 is 11.5 Å². The topological polar surface area (TPSA) is 143 Å². The molecule has 8 heteroatoms. The van der Waals surface area contributed by atoms with Crippen molar-refractivity contribution in [3.63, 3.8) is 0 Å². The molecule has 2 aromatic carbocycles. The van der Waals surface area contributed by atoms with Crippen LogP contribution in [0.15, 0.2) is 24.3 Å². The number of anilines is 2. The maximum atomic E-state index is 11.4. The molecule has 4 N–H and O–H groups in total. The number of nitrogens with two attached hydrogens (primary N) is 2. The molecule has 0 saturated carbocycles. The highest BCUT2D eigenvalue weighted by Crippen LogP contribution is 2.43. The van der Waals surface area contributed by atoms with Crippen LogP contribution in [0.5, 0.6) is 0 Å². The zero-order valence-corrected chi connectivity index (χ0v) is 11.8. The summed E-state index contributed by atoms with van der Waals surface area (Å²) >= 11 is 5.79. The number of benzene rings is 2. The van der Waals surface area contributed by atoms with E-state index in [4.69, 9.17) is 28.3 Å². The van der Waals surface area contributed by atoms with Gasteiger partial charge in [0.25, 0.3) is 0 Å². The SMILES string of the molecule is N#Cc1c(N)c(C#N)c(-c2ccc(Cl)cc2)c([N+](=O)[O-])c1N. The number of nitrogen functional groups attached to an aromatic ring is 2. The van der Waals surface area contributed by atoms with Crippen LogP contribution >= 0.6 is 11.6 Å². The van der Waals surface area contributed by atoms with Crippen LogP contribution in [0.4, 0.5) is 17.1 Å². The Balaban J connectivity index is 3.00. The lowest BCUT2D eigenvalue weighted by atomic mass is 9.93. The van der Waals surface area contributed by atoms with Gasteiger partial charge in [0.15, 0.2) is 0 Å². The predicted octanol–water partition coefficient (Wildman–Crippen LogP) is 2.82. The Morgan fingerprint density at radius 2 is 1.59 bits per heavy atom. The second kappa shape index (κ2) is 5.60. The van der Waals surface area contributed by atoms with Gasteiger partial charge in [0, 0.05) is 5.02 Å². The van der Waals surface area contributed by atoms with Crippen LogP contribution in [-0.2, 0) is 0 Å². The largest absolute Gasteiger partial charge is 0.396 e. The lowest BCUT2D eigenvalue weighted by Gasteiger charge is -2.12. The van der Waals surface area contributed by atoms with Gasteiger partial charge in [-0.3, -0.25) is 10.1 Å². The van der Waals surface area contributed by atoms with Gasteiger partial charge in [-0.15, -0.1) is 0 Å². The van der Waals surface area contributed by atoms with Crippen LogP contribution in [0.3, 0.4) is 0 Å². The Labute approximate surface area is 130 Å². The Kier molecular flexibility index (Phi) is 3.85. The summed E-state index contributed by atoms with van der Waals surface area (Å²) in [6, 6.07) is 9.56. The second-order valence-electron chi connectivity index (χ2n) is 4.29. The van der Waals surface area contributed by atoms with E-state index in [9.17, 15) is 15.4 Å². The Bertz CT molecular complexity index is 863. The third kappa shape index (κ3) is 2.26. The predicted molar refractivity (Wildman–Crippen MR) is 81.8 cm³/mol. The Morgan fingerprint density at radius 1 is 1.05 bits per heavy atom. The first-order valence-electron chi connectivity index (χ1n) is 5.87. The molecule has 0 aliphatic heterocycles. The van der Waals surface area contributed by atoms with Crippen molar-refractivity contribution in [2.75, 3.05) is 11.5 Å². The molecule has 0 heterocycles. The molecule has 0 atom stereocenters. The fraction of sp³-hybridized carbons (Fsp3) is 0. The lowest BCUT2D eigenvalue weighted by molar-refractivity contribution is -0.383. The van der Waals surface area contributed by atoms with E-state index >= 15 is 0 Å². The maximum absolute atomic E-state index is 11.4. The Hall–Kier alpha value is -3.29. The molecule has 0 aromatic heterocycles. The van der Waals surface area contributed by atoms with Gasteiger partial charge in [-0.25, -0.2) is 0 Å². The monoisotopic (exact) mass is 313 g/mol. The van der Waals surface area contributed by atoms with E-state index in [1.807, 2.05) is 0 Å². The summed E-state index contributed by atoms with van der Waals surface area (Å²) in [5.41, 5.74) is 10.3. The van der Waals surface area contributed by atoms with Crippen molar-refractivity contribution in [2.45, 2.75) is 0 Å². The summed E-state index contributed by atoms with van der Waals surface area (Å²) in [4.78, 5) is 10.6. The highest BCUT2D eigenvalue weighted by Gasteiger charge is 2.29. The van der Waals surface area contributed by atoms with Gasteiger partial charge >= 0.3 is 5.69 Å². The fourth-order valence-electron chi connectivity index (χ4n) is 2.10. The molecule has 0 unspecified atom stereocenters. The van der Waals surface area contributed by atoms with E-state index in [2.05, 4.69) is 0 Å². The van der Waals surface area contributed by atoms with E-state index in [1.165, 1.54) is 24.3 Å². The van der Waals surface area contributed by atoms with Crippen LogP contribution in [0.1, 0.15) is 11.1 Å². The molecule has 108 valence electrons. The number of rotatable bonds is 2. The van der Waals surface area contributed by atoms with E-state index in [1.54, 1.807) is 12.1 Å². The fourth-order valence-corrected chi connectivity index (χ4v) is 2.23. The highest BCUT2D eigenvalue weighted by atomic mass is 35.5. The average molecular weight is 314 g/mol. The smallest absolute Gasteiger partial charge is 0.302 e. The summed E-state index contributed by atoms with van der Waals surface area (Å²) in [6.45, 7) is 0. The first kappa shape index (κ1) is 15.1. The number of halogens is 1. The molecular formula is C14H8ClN5O2. The van der Waals surface area contributed by atoms with Gasteiger partial charge in [-0.2, -0.15) is 10.5 Å². The van der Waals surface area contributed by atoms with Crippen LogP contribution in [-0.4, -0.2) is 4.92 Å². The van der Waals surface area contributed by atoms with E-state index in [-0.39, 0.29) is 28.1 Å². The molecule has 0 saturated heterocycles. The van der Waals surface area contributed by atoms with Crippen molar-refractivity contribution in [3.05, 3.63) is 50.5 Å². The third-order valence-electron chi connectivity index (χ3n) is 3.09. The molecule has 7 nitrogen and oxygen atoms in total. The first-order valence-corrected chi connectivity index (χ1v) is 6.25. The van der Waals surface area contributed by atoms with Crippen molar-refractivity contribution >= 4 is 28.7 Å². The van der Waals surface area contributed by atoms with Crippen LogP contribution in [0.25, 0.3) is 11.1 Å². The van der Waals surface area contributed by atoms with Gasteiger partial charge in [0.05, 0.1) is 21.7 Å². The summed E-state index contributed by atoms with van der Waals surface area (Å²) < 4.78 is 0. The van der Waals surface area contributed by atoms with Gasteiger partial charge in [-0.1, -0.05) is 23.7 Å². The Morgan fingerprint density at radius 3 is 2.05 bits per heavy atom. The number of nitriles is 2. The number of hydrogen-bond donors (Lipinski definition) is 2. The molecule has 0 fully saturated rings. The molecule has 0 spiro atoms. The minimum atomic E-state index is -0.736. The van der Waals surface area contributed by atoms with E-state index < -0.39 is 10.6 Å². The first-order chi connectivity index (χ1) is 10.4. The molecule has 0 bridgehead atoms. The quantitative estimate of drug-likeness (QED) is 0.495. The van der Waals surface area contributed by atoms with Crippen LogP contribution in [0, 0.1) is 32.8 Å². The molecular weight excluding hydrogens is 306 g/mol. The molecule has 0 amide bonds. The zero-order chi connectivity index (χ0) is 16.4. The molecule has 22 heavy (non-hydrogen) atoms. The number of hydrogen-bond acceptors (Lipinski definition) is 6. The minimum absolute atomic E-state index is 0.0295. The van der Waals surface area contributed by atoms with Crippen molar-refractivity contribution < 1.29 is 4.92 Å². The normalized spacial score (nSPS) is 9.77. The minimum Gasteiger partial charge on any atom is -0.396 e. The highest BCUT2D eigenvalue weighted by molar-refractivity contribution is 6.30. The standard InChI is InChI=1S/C14H8ClN5O2/c15-8-3-1-7(2-4-8)11-9(5-16)12(18)10(6-17)13(19)14(11)20(21)22/h1-4H,18-19H2. The number of nitro benzene ring substituents is 1. The van der Waals surface area contributed by atoms with Crippen LogP contribution in [0.2, 0.25) is 5.02 Å². The summed E-state index contributed by atoms with van der Waals surface area (Å²) in [5, 5.41) is 30.2. The van der Waals surface area contributed by atoms with E-state index in [0.717, 1.165) is 0 Å². The second-order valence-corrected chi connectivity index (χ2v) is 4.73. The summed E-state index contributed by atoms with van der Waals surface area (Å²) in [7, 11) is 0. The average Bonchev–Trinajstić information content (AvgIpc) is 2.47. The van der Waals surface area contributed by atoms with Crippen molar-refractivity contribution in [1.82, 2.24) is 0 Å². The van der Waals surface area contributed by atoms with Crippen molar-refractivity contribution in [3.8, 4) is 23.3 Å². The molecule has 0 aliphatic carbocycles. The summed E-state index contributed by atoms with van der Waals surface area (Å²) in [5.74, 6) is 0. The van der Waals surface area contributed by atoms with Gasteiger partial charge in [-0.05, 0) is 17.7 Å². The van der Waals surface area contributed by atoms with Crippen molar-refractivity contribution in [1.29, 1.82) is 10.5 Å². The molecule has 2 aromatic rings. The number of nitro groups is 1. The number of nitrogens with zero attached hydrogens (tertiary/aromatic N) is 3. The lowest BCUT2D eigenvalue weighted by Crippen LogP contribution is -2.07. The van der Waals surface area contributed by atoms with Crippen molar-refractivity contribution in [2.24, 2.45) is 0 Å².